The third-order valence-corrected chi connectivity index (χ3v) is 8.75. The van der Waals surface area contributed by atoms with Gasteiger partial charge in [0.05, 0.1) is 24.2 Å². The molecule has 8 heteroatoms. The molecule has 4 rings (SSSR count). The van der Waals surface area contributed by atoms with Crippen molar-refractivity contribution in [3.8, 4) is 5.75 Å². The van der Waals surface area contributed by atoms with E-state index in [9.17, 15) is 13.2 Å². The van der Waals surface area contributed by atoms with Crippen molar-refractivity contribution >= 4 is 15.9 Å². The molecule has 0 aromatic heterocycles. The third-order valence-electron chi connectivity index (χ3n) is 6.85. The number of benzene rings is 2. The zero-order valence-electron chi connectivity index (χ0n) is 19.5. The summed E-state index contributed by atoms with van der Waals surface area (Å²) in [6.45, 7) is 7.39. The fraction of sp³-hybridized carbons (Fsp3) is 0.480. The smallest absolute Gasteiger partial charge is 0.252 e. The molecule has 1 fully saturated rings. The Morgan fingerprint density at radius 2 is 1.82 bits per heavy atom. The summed E-state index contributed by atoms with van der Waals surface area (Å²) in [5.41, 5.74) is 1.69. The van der Waals surface area contributed by atoms with Crippen LogP contribution in [0.2, 0.25) is 0 Å². The lowest BCUT2D eigenvalue weighted by molar-refractivity contribution is 0.0227. The summed E-state index contributed by atoms with van der Waals surface area (Å²) in [5, 5.41) is 3.17. The predicted octanol–water partition coefficient (Wildman–Crippen LogP) is 3.83. The van der Waals surface area contributed by atoms with Gasteiger partial charge in [-0.15, -0.1) is 0 Å². The van der Waals surface area contributed by atoms with Gasteiger partial charge in [0.25, 0.3) is 5.91 Å². The van der Waals surface area contributed by atoms with Gasteiger partial charge in [0, 0.05) is 30.6 Å². The van der Waals surface area contributed by atoms with Crippen LogP contribution in [0.1, 0.15) is 60.6 Å². The van der Waals surface area contributed by atoms with E-state index in [0.29, 0.717) is 38.3 Å². The van der Waals surface area contributed by atoms with Crippen LogP contribution in [-0.4, -0.2) is 50.5 Å². The quantitative estimate of drug-likeness (QED) is 0.691. The van der Waals surface area contributed by atoms with Crippen LogP contribution in [0.3, 0.4) is 0 Å². The van der Waals surface area contributed by atoms with Gasteiger partial charge in [-0.2, -0.15) is 4.31 Å². The van der Waals surface area contributed by atoms with Crippen LogP contribution in [0.15, 0.2) is 47.4 Å². The van der Waals surface area contributed by atoms with E-state index in [-0.39, 0.29) is 22.4 Å². The first-order chi connectivity index (χ1) is 15.8. The fourth-order valence-electron chi connectivity index (χ4n) is 4.61. The normalized spacial score (nSPS) is 20.5. The number of hydrogen-bond acceptors (Lipinski definition) is 5. The Morgan fingerprint density at radius 3 is 2.52 bits per heavy atom. The lowest BCUT2D eigenvalue weighted by Crippen LogP contribution is -2.44. The number of amides is 1. The monoisotopic (exact) mass is 472 g/mol. The molecule has 2 aromatic rings. The van der Waals surface area contributed by atoms with Crippen molar-refractivity contribution in [3.05, 3.63) is 59.2 Å². The molecule has 0 radical (unpaired) electrons. The maximum absolute atomic E-state index is 13.4. The molecule has 2 heterocycles. The Balaban J connectivity index is 1.63. The predicted molar refractivity (Wildman–Crippen MR) is 126 cm³/mol. The number of ether oxygens (including phenoxy) is 2. The molecule has 7 nitrogen and oxygen atoms in total. The Labute approximate surface area is 196 Å². The number of sulfonamides is 1. The van der Waals surface area contributed by atoms with Gasteiger partial charge in [-0.25, -0.2) is 8.42 Å². The van der Waals surface area contributed by atoms with Crippen LogP contribution in [0.25, 0.3) is 0 Å². The van der Waals surface area contributed by atoms with Crippen molar-refractivity contribution in [1.29, 1.82) is 0 Å². The van der Waals surface area contributed by atoms with Crippen LogP contribution in [0, 0.1) is 6.92 Å². The number of nitrogens with zero attached hydrogens (tertiary/aromatic N) is 1. The minimum atomic E-state index is -3.69. The first kappa shape index (κ1) is 23.7. The van der Waals surface area contributed by atoms with E-state index >= 15 is 0 Å². The molecule has 2 aliphatic rings. The molecule has 178 valence electrons. The highest BCUT2D eigenvalue weighted by Gasteiger charge is 2.39. The van der Waals surface area contributed by atoms with Crippen molar-refractivity contribution in [1.82, 2.24) is 9.62 Å². The first-order valence-electron chi connectivity index (χ1n) is 11.6. The number of carbonyl (C=O) groups is 1. The summed E-state index contributed by atoms with van der Waals surface area (Å²) in [6.07, 6.45) is 2.32. The van der Waals surface area contributed by atoms with Crippen molar-refractivity contribution in [3.63, 3.8) is 0 Å². The van der Waals surface area contributed by atoms with E-state index in [2.05, 4.69) is 19.2 Å². The van der Waals surface area contributed by atoms with Crippen molar-refractivity contribution in [2.45, 2.75) is 56.6 Å². The average Bonchev–Trinajstić information content (AvgIpc) is 2.84. The summed E-state index contributed by atoms with van der Waals surface area (Å²) in [5.74, 6) is 0.507. The minimum Gasteiger partial charge on any atom is -0.487 e. The second kappa shape index (κ2) is 9.44. The molecule has 1 unspecified atom stereocenters. The lowest BCUT2D eigenvalue weighted by Gasteiger charge is -2.41. The molecule has 33 heavy (non-hydrogen) atoms. The minimum absolute atomic E-state index is 0.129. The molecule has 0 aliphatic carbocycles. The topological polar surface area (TPSA) is 84.9 Å². The van der Waals surface area contributed by atoms with E-state index in [1.165, 1.54) is 10.4 Å². The largest absolute Gasteiger partial charge is 0.487 e. The molecular weight excluding hydrogens is 440 g/mol. The maximum atomic E-state index is 13.4. The van der Waals surface area contributed by atoms with E-state index in [4.69, 9.17) is 9.47 Å². The Bertz CT molecular complexity index is 1120. The molecule has 2 aromatic carbocycles. The van der Waals surface area contributed by atoms with E-state index in [1.807, 2.05) is 31.2 Å². The van der Waals surface area contributed by atoms with Gasteiger partial charge in [-0.3, -0.25) is 4.79 Å². The number of aryl methyl sites for hydroxylation is 1. The summed E-state index contributed by atoms with van der Waals surface area (Å²) in [7, 11) is -3.69. The third kappa shape index (κ3) is 4.65. The average molecular weight is 473 g/mol. The highest BCUT2D eigenvalue weighted by atomic mass is 32.2. The summed E-state index contributed by atoms with van der Waals surface area (Å²) < 4.78 is 39.3. The second-order valence-electron chi connectivity index (χ2n) is 8.75. The van der Waals surface area contributed by atoms with Gasteiger partial charge in [0.15, 0.2) is 0 Å². The van der Waals surface area contributed by atoms with Gasteiger partial charge < -0.3 is 14.8 Å². The van der Waals surface area contributed by atoms with Gasteiger partial charge in [0.2, 0.25) is 10.0 Å². The number of hydrogen-bond donors (Lipinski definition) is 1. The number of fused-ring (bicyclic) bond motifs is 1. The Hall–Kier alpha value is -2.42. The van der Waals surface area contributed by atoms with E-state index in [1.54, 1.807) is 12.1 Å². The van der Waals surface area contributed by atoms with Crippen molar-refractivity contribution in [2.24, 2.45) is 0 Å². The molecule has 1 atom stereocenters. The van der Waals surface area contributed by atoms with Gasteiger partial charge >= 0.3 is 0 Å². The fourth-order valence-corrected chi connectivity index (χ4v) is 6.04. The van der Waals surface area contributed by atoms with Crippen LogP contribution >= 0.6 is 0 Å². The van der Waals surface area contributed by atoms with Crippen molar-refractivity contribution < 1.29 is 22.7 Å². The standard InChI is InChI=1S/C25H32N2O5S/c1-4-25(5-2)17-22(20-8-6-7-9-23(20)32-25)26-24(28)21-16-19(11-10-18(21)3)33(29,30)27-12-14-31-15-13-27/h6-11,16,22H,4-5,12-15,17H2,1-3H3,(H,26,28). The highest BCUT2D eigenvalue weighted by Crippen LogP contribution is 2.42. The molecule has 0 spiro atoms. The van der Waals surface area contributed by atoms with E-state index < -0.39 is 10.0 Å². The van der Waals surface area contributed by atoms with Crippen molar-refractivity contribution in [2.75, 3.05) is 26.3 Å². The molecule has 1 N–H and O–H groups in total. The second-order valence-corrected chi connectivity index (χ2v) is 10.7. The molecule has 0 bridgehead atoms. The summed E-state index contributed by atoms with van der Waals surface area (Å²) in [4.78, 5) is 13.5. The number of rotatable bonds is 6. The number of para-hydroxylation sites is 1. The van der Waals surface area contributed by atoms with Gasteiger partial charge in [0.1, 0.15) is 11.4 Å². The van der Waals surface area contributed by atoms with Crippen LogP contribution in [0.5, 0.6) is 5.75 Å². The lowest BCUT2D eigenvalue weighted by atomic mass is 9.83. The SMILES string of the molecule is CCC1(CC)CC(NC(=O)c2cc(S(=O)(=O)N3CCOCC3)ccc2C)c2ccccc2O1. The van der Waals surface area contributed by atoms with Gasteiger partial charge in [-0.05, 0) is 43.5 Å². The summed E-state index contributed by atoms with van der Waals surface area (Å²) >= 11 is 0. The molecule has 0 saturated carbocycles. The maximum Gasteiger partial charge on any atom is 0.252 e. The molecule has 2 aliphatic heterocycles. The van der Waals surface area contributed by atoms with Crippen LogP contribution < -0.4 is 10.1 Å². The number of nitrogens with one attached hydrogen (secondary N) is 1. The van der Waals surface area contributed by atoms with Crippen LogP contribution in [0.4, 0.5) is 0 Å². The number of morpholine rings is 1. The van der Waals surface area contributed by atoms with Crippen LogP contribution in [-0.2, 0) is 14.8 Å². The molecular formula is C25H32N2O5S. The zero-order valence-corrected chi connectivity index (χ0v) is 20.3. The highest BCUT2D eigenvalue weighted by molar-refractivity contribution is 7.89. The molecule has 1 saturated heterocycles. The first-order valence-corrected chi connectivity index (χ1v) is 13.0. The Kier molecular flexibility index (Phi) is 6.79. The van der Waals surface area contributed by atoms with Gasteiger partial charge in [-0.1, -0.05) is 38.1 Å². The van der Waals surface area contributed by atoms with E-state index in [0.717, 1.165) is 29.7 Å². The zero-order chi connectivity index (χ0) is 23.6. The number of carbonyl (C=O) groups excluding carboxylic acids is 1. The molecule has 1 amide bonds. The Morgan fingerprint density at radius 1 is 1.12 bits per heavy atom. The summed E-state index contributed by atoms with van der Waals surface area (Å²) in [6, 6.07) is 12.3.